The van der Waals surface area contributed by atoms with Gasteiger partial charge in [-0.25, -0.2) is 4.39 Å². The lowest BCUT2D eigenvalue weighted by atomic mass is 9.78. The molecule has 0 spiro atoms. The van der Waals surface area contributed by atoms with Crippen LogP contribution in [-0.2, 0) is 9.31 Å². The van der Waals surface area contributed by atoms with Crippen molar-refractivity contribution in [2.75, 3.05) is 13.1 Å². The van der Waals surface area contributed by atoms with Crippen molar-refractivity contribution >= 4 is 12.6 Å². The molecule has 0 amide bonds. The van der Waals surface area contributed by atoms with E-state index in [1.807, 2.05) is 33.8 Å². The molecule has 3 rings (SSSR count). The Kier molecular flexibility index (Phi) is 5.77. The molecular formula is C22H32BFN2O3. The molecule has 2 heterocycles. The lowest BCUT2D eigenvalue weighted by Crippen LogP contribution is -2.53. The third-order valence-electron chi connectivity index (χ3n) is 6.36. The Morgan fingerprint density at radius 3 is 2.34 bits per heavy atom. The summed E-state index contributed by atoms with van der Waals surface area (Å²) in [4.78, 5) is 2.13. The highest BCUT2D eigenvalue weighted by atomic mass is 19.1. The summed E-state index contributed by atoms with van der Waals surface area (Å²) in [6.45, 7) is 15.3. The first-order valence-corrected chi connectivity index (χ1v) is 10.3. The van der Waals surface area contributed by atoms with Crippen molar-refractivity contribution < 1.29 is 18.4 Å². The molecule has 0 unspecified atom stereocenters. The van der Waals surface area contributed by atoms with E-state index in [1.165, 1.54) is 0 Å². The Bertz CT molecular complexity index is 784. The molecule has 0 bridgehead atoms. The van der Waals surface area contributed by atoms with Crippen LogP contribution >= 0.6 is 0 Å². The fraction of sp³-hybridized carbons (Fsp3) is 0.682. The molecule has 2 fully saturated rings. The van der Waals surface area contributed by atoms with Crippen LogP contribution in [0.25, 0.3) is 0 Å². The van der Waals surface area contributed by atoms with Gasteiger partial charge in [-0.1, -0.05) is 6.07 Å². The predicted octanol–water partition coefficient (Wildman–Crippen LogP) is 3.45. The quantitative estimate of drug-likeness (QED) is 0.725. The van der Waals surface area contributed by atoms with Gasteiger partial charge in [0.05, 0.1) is 16.8 Å². The van der Waals surface area contributed by atoms with E-state index in [0.717, 1.165) is 12.0 Å². The van der Waals surface area contributed by atoms with Crippen molar-refractivity contribution in [2.24, 2.45) is 0 Å². The molecule has 29 heavy (non-hydrogen) atoms. The fourth-order valence-electron chi connectivity index (χ4n) is 3.65. The molecule has 2 aliphatic rings. The number of rotatable bonds is 3. The number of halogens is 1. The number of alkyl halides is 1. The van der Waals surface area contributed by atoms with Gasteiger partial charge >= 0.3 is 7.12 Å². The molecule has 0 aliphatic carbocycles. The van der Waals surface area contributed by atoms with E-state index in [9.17, 15) is 9.65 Å². The van der Waals surface area contributed by atoms with Crippen LogP contribution in [0.1, 0.15) is 60.5 Å². The third-order valence-corrected chi connectivity index (χ3v) is 6.36. The molecule has 2 aliphatic heterocycles. The minimum Gasteiger partial charge on any atom is -0.486 e. The van der Waals surface area contributed by atoms with Gasteiger partial charge in [0.1, 0.15) is 24.1 Å². The first-order chi connectivity index (χ1) is 13.3. The predicted molar refractivity (Wildman–Crippen MR) is 112 cm³/mol. The fourth-order valence-corrected chi connectivity index (χ4v) is 3.65. The van der Waals surface area contributed by atoms with Gasteiger partial charge in [0.25, 0.3) is 0 Å². The summed E-state index contributed by atoms with van der Waals surface area (Å²) in [5.74, 6) is 0.407. The van der Waals surface area contributed by atoms with E-state index in [-0.39, 0.29) is 5.54 Å². The zero-order chi connectivity index (χ0) is 21.6. The maximum atomic E-state index is 14.8. The van der Waals surface area contributed by atoms with Crippen LogP contribution < -0.4 is 10.2 Å². The molecule has 0 N–H and O–H groups in total. The van der Waals surface area contributed by atoms with Crippen molar-refractivity contribution in [1.82, 2.24) is 4.90 Å². The Morgan fingerprint density at radius 1 is 1.21 bits per heavy atom. The molecule has 2 atom stereocenters. The molecule has 1 aromatic rings. The summed E-state index contributed by atoms with van der Waals surface area (Å²) in [7, 11) is -0.551. The summed E-state index contributed by atoms with van der Waals surface area (Å²) in [5.41, 5.74) is 0.136. The van der Waals surface area contributed by atoms with E-state index in [2.05, 4.69) is 31.7 Å². The van der Waals surface area contributed by atoms with Gasteiger partial charge in [-0.2, -0.15) is 5.26 Å². The van der Waals surface area contributed by atoms with Crippen molar-refractivity contribution in [3.8, 4) is 11.8 Å². The SMILES string of the molecule is CC(C)(C)N1CC[C@H](Oc2ccc(B3OC(C)(C)C(C)(C)O3)cc2C#N)[C@H](F)C1. The van der Waals surface area contributed by atoms with E-state index < -0.39 is 30.6 Å². The van der Waals surface area contributed by atoms with E-state index >= 15 is 0 Å². The van der Waals surface area contributed by atoms with Crippen molar-refractivity contribution in [3.05, 3.63) is 23.8 Å². The Balaban J connectivity index is 1.73. The summed E-state index contributed by atoms with van der Waals surface area (Å²) < 4.78 is 32.8. The first kappa shape index (κ1) is 22.1. The number of piperidine rings is 1. The second kappa shape index (κ2) is 7.57. The van der Waals surface area contributed by atoms with E-state index in [4.69, 9.17) is 14.0 Å². The van der Waals surface area contributed by atoms with Gasteiger partial charge in [-0.15, -0.1) is 0 Å². The van der Waals surface area contributed by atoms with Crippen LogP contribution in [-0.4, -0.2) is 54.1 Å². The highest BCUT2D eigenvalue weighted by molar-refractivity contribution is 6.62. The van der Waals surface area contributed by atoms with E-state index in [1.54, 1.807) is 12.1 Å². The number of ether oxygens (including phenoxy) is 1. The molecule has 5 nitrogen and oxygen atoms in total. The second-order valence-corrected chi connectivity index (χ2v) is 10.0. The maximum Gasteiger partial charge on any atom is 0.494 e. The van der Waals surface area contributed by atoms with E-state index in [0.29, 0.717) is 24.3 Å². The lowest BCUT2D eigenvalue weighted by Gasteiger charge is -2.42. The normalized spacial score (nSPS) is 26.9. The van der Waals surface area contributed by atoms with Crippen LogP contribution in [0.3, 0.4) is 0 Å². The van der Waals surface area contributed by atoms with Crippen molar-refractivity contribution in [2.45, 2.75) is 83.9 Å². The van der Waals surface area contributed by atoms with Gasteiger partial charge in [-0.05, 0) is 72.5 Å². The van der Waals surface area contributed by atoms with Gasteiger partial charge in [-0.3, -0.25) is 4.90 Å². The van der Waals surface area contributed by atoms with Gasteiger partial charge < -0.3 is 14.0 Å². The summed E-state index contributed by atoms with van der Waals surface area (Å²) in [5, 5.41) is 9.62. The first-order valence-electron chi connectivity index (χ1n) is 10.3. The van der Waals surface area contributed by atoms with Crippen LogP contribution in [0, 0.1) is 11.3 Å². The van der Waals surface area contributed by atoms with Crippen LogP contribution in [0.15, 0.2) is 18.2 Å². The molecule has 0 saturated carbocycles. The number of benzene rings is 1. The lowest BCUT2D eigenvalue weighted by molar-refractivity contribution is -0.0116. The second-order valence-electron chi connectivity index (χ2n) is 10.0. The third kappa shape index (κ3) is 4.45. The molecule has 7 heteroatoms. The minimum atomic E-state index is -1.10. The highest BCUT2D eigenvalue weighted by Crippen LogP contribution is 2.37. The number of nitriles is 1. The summed E-state index contributed by atoms with van der Waals surface area (Å²) in [6, 6.07) is 7.44. The zero-order valence-electron chi connectivity index (χ0n) is 18.6. The average Bonchev–Trinajstić information content (AvgIpc) is 2.83. The van der Waals surface area contributed by atoms with Gasteiger partial charge in [0, 0.05) is 18.6 Å². The zero-order valence-corrected chi connectivity index (χ0v) is 18.6. The van der Waals surface area contributed by atoms with Gasteiger partial charge in [0.2, 0.25) is 0 Å². The van der Waals surface area contributed by atoms with Crippen molar-refractivity contribution in [1.29, 1.82) is 5.26 Å². The monoisotopic (exact) mass is 402 g/mol. The van der Waals surface area contributed by atoms with Crippen LogP contribution in [0.5, 0.6) is 5.75 Å². The van der Waals surface area contributed by atoms with Crippen LogP contribution in [0.4, 0.5) is 4.39 Å². The number of likely N-dealkylation sites (tertiary alicyclic amines) is 1. The number of hydrogen-bond donors (Lipinski definition) is 0. The molecule has 2 saturated heterocycles. The molecule has 0 radical (unpaired) electrons. The Labute approximate surface area is 174 Å². The standard InChI is InChI=1S/C22H32BFN2O3/c1-20(2,3)26-11-10-19(17(24)14-26)27-18-9-8-16(12-15(18)13-25)23-28-21(4,5)22(6,7)29-23/h8-9,12,17,19H,10-11,14H2,1-7H3/t17-,19+/m1/s1. The largest absolute Gasteiger partial charge is 0.494 e. The highest BCUT2D eigenvalue weighted by Gasteiger charge is 2.51. The summed E-state index contributed by atoms with van der Waals surface area (Å²) in [6.07, 6.45) is -1.07. The Morgan fingerprint density at radius 2 is 1.83 bits per heavy atom. The van der Waals surface area contributed by atoms with Crippen molar-refractivity contribution in [3.63, 3.8) is 0 Å². The Hall–Kier alpha value is -1.62. The molecule has 0 aromatic heterocycles. The molecular weight excluding hydrogens is 370 g/mol. The van der Waals surface area contributed by atoms with Gasteiger partial charge in [0.15, 0.2) is 0 Å². The molecule has 158 valence electrons. The summed E-state index contributed by atoms with van der Waals surface area (Å²) >= 11 is 0. The number of nitrogens with zero attached hydrogens (tertiary/aromatic N) is 2. The smallest absolute Gasteiger partial charge is 0.486 e. The molecule has 1 aromatic carbocycles. The average molecular weight is 402 g/mol. The topological polar surface area (TPSA) is 54.7 Å². The number of hydrogen-bond acceptors (Lipinski definition) is 5. The minimum absolute atomic E-state index is 0.0718. The van der Waals surface area contributed by atoms with Crippen LogP contribution in [0.2, 0.25) is 0 Å². The maximum absolute atomic E-state index is 14.8.